The number of carbonyl (C=O) groups is 2. The Balaban J connectivity index is 1.62. The van der Waals surface area contributed by atoms with Gasteiger partial charge >= 0.3 is 0 Å². The normalized spacial score (nSPS) is 21.4. The molecule has 1 saturated heterocycles. The highest BCUT2D eigenvalue weighted by atomic mass is 19.1. The third kappa shape index (κ3) is 3.40. The van der Waals surface area contributed by atoms with E-state index in [1.807, 2.05) is 0 Å². The van der Waals surface area contributed by atoms with Crippen LogP contribution in [0.1, 0.15) is 31.2 Å². The van der Waals surface area contributed by atoms with Gasteiger partial charge in [0.15, 0.2) is 0 Å². The van der Waals surface area contributed by atoms with Gasteiger partial charge < -0.3 is 10.2 Å². The molecule has 1 N–H and O–H groups in total. The maximum absolute atomic E-state index is 12.9. The highest BCUT2D eigenvalue weighted by molar-refractivity contribution is 5.89. The smallest absolute Gasteiger partial charge is 0.243 e. The van der Waals surface area contributed by atoms with E-state index < -0.39 is 0 Å². The zero-order valence-corrected chi connectivity index (χ0v) is 11.8. The van der Waals surface area contributed by atoms with Gasteiger partial charge in [-0.3, -0.25) is 9.59 Å². The summed E-state index contributed by atoms with van der Waals surface area (Å²) in [6.07, 6.45) is 3.89. The molecule has 0 bridgehead atoms. The van der Waals surface area contributed by atoms with Gasteiger partial charge in [0, 0.05) is 12.6 Å². The molecule has 1 aromatic carbocycles. The van der Waals surface area contributed by atoms with E-state index in [-0.39, 0.29) is 30.1 Å². The monoisotopic (exact) mass is 290 g/mol. The summed E-state index contributed by atoms with van der Waals surface area (Å²) in [5.41, 5.74) is 0.773. The molecule has 1 unspecified atom stereocenters. The maximum Gasteiger partial charge on any atom is 0.243 e. The summed E-state index contributed by atoms with van der Waals surface area (Å²) in [6, 6.07) is 5.91. The fraction of sp³-hybridized carbons (Fsp3) is 0.500. The molecule has 3 rings (SSSR count). The molecular formula is C16H19FN2O2. The van der Waals surface area contributed by atoms with Crippen LogP contribution in [0.3, 0.4) is 0 Å². The van der Waals surface area contributed by atoms with Crippen LogP contribution in [-0.2, 0) is 16.0 Å². The fourth-order valence-electron chi connectivity index (χ4n) is 2.74. The molecule has 0 spiro atoms. The Bertz CT molecular complexity index is 540. The number of likely N-dealkylation sites (tertiary alicyclic amines) is 1. The van der Waals surface area contributed by atoms with Gasteiger partial charge in [-0.1, -0.05) is 12.1 Å². The molecule has 1 aliphatic heterocycles. The average Bonchev–Trinajstić information content (AvgIpc) is 3.13. The Kier molecular flexibility index (Phi) is 3.90. The van der Waals surface area contributed by atoms with E-state index in [2.05, 4.69) is 5.32 Å². The van der Waals surface area contributed by atoms with Crippen LogP contribution < -0.4 is 5.32 Å². The van der Waals surface area contributed by atoms with Crippen molar-refractivity contribution in [3.63, 3.8) is 0 Å². The zero-order chi connectivity index (χ0) is 14.8. The van der Waals surface area contributed by atoms with Crippen molar-refractivity contribution in [3.8, 4) is 0 Å². The molecule has 21 heavy (non-hydrogen) atoms. The minimum atomic E-state index is -0.335. The van der Waals surface area contributed by atoms with Crippen LogP contribution in [0.25, 0.3) is 0 Å². The van der Waals surface area contributed by atoms with E-state index in [0.29, 0.717) is 12.6 Å². The largest absolute Gasteiger partial charge is 0.352 e. The van der Waals surface area contributed by atoms with Gasteiger partial charge in [0.05, 0.1) is 6.42 Å². The molecule has 1 aliphatic carbocycles. The van der Waals surface area contributed by atoms with E-state index in [9.17, 15) is 14.0 Å². The Morgan fingerprint density at radius 3 is 2.57 bits per heavy atom. The van der Waals surface area contributed by atoms with Crippen molar-refractivity contribution in [1.82, 2.24) is 10.2 Å². The molecule has 1 aromatic rings. The average molecular weight is 290 g/mol. The van der Waals surface area contributed by atoms with Crippen LogP contribution in [0.4, 0.5) is 4.39 Å². The summed E-state index contributed by atoms with van der Waals surface area (Å²) in [6.45, 7) is 0.628. The van der Waals surface area contributed by atoms with E-state index in [1.54, 1.807) is 17.0 Å². The van der Waals surface area contributed by atoms with E-state index in [1.165, 1.54) is 12.1 Å². The lowest BCUT2D eigenvalue weighted by Crippen LogP contribution is -2.47. The van der Waals surface area contributed by atoms with Crippen LogP contribution >= 0.6 is 0 Å². The lowest BCUT2D eigenvalue weighted by atomic mass is 10.1. The zero-order valence-electron chi connectivity index (χ0n) is 11.8. The Hall–Kier alpha value is -1.91. The SMILES string of the molecule is O=C(NC1CC1)C1CCCN1C(=O)Cc1ccc(F)cc1. The molecule has 1 heterocycles. The number of amides is 2. The molecule has 2 fully saturated rings. The van der Waals surface area contributed by atoms with Crippen molar-refractivity contribution >= 4 is 11.8 Å². The van der Waals surface area contributed by atoms with Gasteiger partial charge in [-0.05, 0) is 43.4 Å². The second kappa shape index (κ2) is 5.84. The first-order chi connectivity index (χ1) is 10.1. The lowest BCUT2D eigenvalue weighted by molar-refractivity contribution is -0.138. The van der Waals surface area contributed by atoms with Crippen LogP contribution in [0.2, 0.25) is 0 Å². The highest BCUT2D eigenvalue weighted by Crippen LogP contribution is 2.23. The number of hydrogen-bond acceptors (Lipinski definition) is 2. The molecule has 0 radical (unpaired) electrons. The summed E-state index contributed by atoms with van der Waals surface area (Å²) in [7, 11) is 0. The van der Waals surface area contributed by atoms with Gasteiger partial charge in [0.25, 0.3) is 0 Å². The first-order valence-corrected chi connectivity index (χ1v) is 7.48. The Labute approximate surface area is 123 Å². The summed E-state index contributed by atoms with van der Waals surface area (Å²) in [5, 5.41) is 2.97. The molecule has 2 amide bonds. The van der Waals surface area contributed by atoms with Crippen LogP contribution in [0.15, 0.2) is 24.3 Å². The Morgan fingerprint density at radius 1 is 1.19 bits per heavy atom. The third-order valence-corrected chi connectivity index (χ3v) is 4.07. The first-order valence-electron chi connectivity index (χ1n) is 7.48. The molecule has 1 atom stereocenters. The van der Waals surface area contributed by atoms with Crippen molar-refractivity contribution in [2.24, 2.45) is 0 Å². The number of halogens is 1. The topological polar surface area (TPSA) is 49.4 Å². The predicted molar refractivity (Wildman–Crippen MR) is 76.0 cm³/mol. The first kappa shape index (κ1) is 14.0. The standard InChI is InChI=1S/C16H19FN2O2/c17-12-5-3-11(4-6-12)10-15(20)19-9-1-2-14(19)16(21)18-13-7-8-13/h3-6,13-14H,1-2,7-10H2,(H,18,21). The summed E-state index contributed by atoms with van der Waals surface area (Å²) >= 11 is 0. The number of hydrogen-bond donors (Lipinski definition) is 1. The summed E-state index contributed by atoms with van der Waals surface area (Å²) in [5.74, 6) is -0.397. The summed E-state index contributed by atoms with van der Waals surface area (Å²) in [4.78, 5) is 26.2. The van der Waals surface area contributed by atoms with Gasteiger partial charge in [0.2, 0.25) is 11.8 Å². The van der Waals surface area contributed by atoms with E-state index >= 15 is 0 Å². The summed E-state index contributed by atoms with van der Waals surface area (Å²) < 4.78 is 12.9. The minimum absolute atomic E-state index is 0.0255. The molecular weight excluding hydrogens is 271 g/mol. The highest BCUT2D eigenvalue weighted by Gasteiger charge is 2.36. The maximum atomic E-state index is 12.9. The molecule has 1 saturated carbocycles. The number of nitrogens with one attached hydrogen (secondary N) is 1. The second-order valence-electron chi connectivity index (χ2n) is 5.83. The van der Waals surface area contributed by atoms with Gasteiger partial charge in [-0.25, -0.2) is 4.39 Å². The molecule has 4 nitrogen and oxygen atoms in total. The minimum Gasteiger partial charge on any atom is -0.352 e. The fourth-order valence-corrected chi connectivity index (χ4v) is 2.74. The van der Waals surface area contributed by atoms with E-state index in [4.69, 9.17) is 0 Å². The van der Waals surface area contributed by atoms with Crippen molar-refractivity contribution < 1.29 is 14.0 Å². The molecule has 2 aliphatic rings. The van der Waals surface area contributed by atoms with Crippen LogP contribution in [0.5, 0.6) is 0 Å². The number of rotatable bonds is 4. The number of carbonyl (C=O) groups excluding carboxylic acids is 2. The quantitative estimate of drug-likeness (QED) is 0.916. The van der Waals surface area contributed by atoms with Crippen molar-refractivity contribution in [2.75, 3.05) is 6.54 Å². The molecule has 0 aromatic heterocycles. The number of benzene rings is 1. The van der Waals surface area contributed by atoms with Crippen molar-refractivity contribution in [2.45, 2.75) is 44.2 Å². The van der Waals surface area contributed by atoms with Crippen LogP contribution in [0, 0.1) is 5.82 Å². The predicted octanol–water partition coefficient (Wildman–Crippen LogP) is 1.64. The molecule has 112 valence electrons. The van der Waals surface area contributed by atoms with Crippen molar-refractivity contribution in [3.05, 3.63) is 35.6 Å². The van der Waals surface area contributed by atoms with E-state index in [0.717, 1.165) is 31.2 Å². The van der Waals surface area contributed by atoms with Crippen molar-refractivity contribution in [1.29, 1.82) is 0 Å². The second-order valence-corrected chi connectivity index (χ2v) is 5.83. The molecule has 5 heteroatoms. The third-order valence-electron chi connectivity index (χ3n) is 4.07. The number of nitrogens with zero attached hydrogens (tertiary/aromatic N) is 1. The Morgan fingerprint density at radius 2 is 1.90 bits per heavy atom. The van der Waals surface area contributed by atoms with Gasteiger partial charge in [0.1, 0.15) is 11.9 Å². The van der Waals surface area contributed by atoms with Gasteiger partial charge in [-0.15, -0.1) is 0 Å². The van der Waals surface area contributed by atoms with Gasteiger partial charge in [-0.2, -0.15) is 0 Å². The van der Waals surface area contributed by atoms with Crippen LogP contribution in [-0.4, -0.2) is 35.3 Å². The lowest BCUT2D eigenvalue weighted by Gasteiger charge is -2.24.